The number of rotatable bonds is 8. The molecule has 1 rings (SSSR count). The van der Waals surface area contributed by atoms with Crippen LogP contribution in [0.4, 0.5) is 0 Å². The molecule has 1 aromatic heterocycles. The van der Waals surface area contributed by atoms with Crippen LogP contribution >= 0.6 is 15.9 Å². The van der Waals surface area contributed by atoms with Gasteiger partial charge in [-0.05, 0) is 42.2 Å². The second-order valence-electron chi connectivity index (χ2n) is 5.05. The lowest BCUT2D eigenvalue weighted by molar-refractivity contribution is 0.342. The summed E-state index contributed by atoms with van der Waals surface area (Å²) in [6.07, 6.45) is 4.47. The molecule has 0 fully saturated rings. The van der Waals surface area contributed by atoms with Crippen molar-refractivity contribution in [1.82, 2.24) is 15.1 Å². The molecule has 1 heterocycles. The molecule has 0 spiro atoms. The van der Waals surface area contributed by atoms with Crippen LogP contribution in [0.5, 0.6) is 0 Å². The number of hydrogen-bond acceptors (Lipinski definition) is 2. The molecule has 0 saturated heterocycles. The van der Waals surface area contributed by atoms with Crippen LogP contribution < -0.4 is 5.32 Å². The van der Waals surface area contributed by atoms with E-state index in [4.69, 9.17) is 0 Å². The average molecular weight is 330 g/mol. The molecule has 1 aromatic rings. The highest BCUT2D eigenvalue weighted by Crippen LogP contribution is 2.26. The lowest BCUT2D eigenvalue weighted by Crippen LogP contribution is -2.35. The molecule has 110 valence electrons. The minimum absolute atomic E-state index is 0.526. The van der Waals surface area contributed by atoms with Crippen molar-refractivity contribution in [1.29, 1.82) is 0 Å². The molecule has 0 aliphatic rings. The Morgan fingerprint density at radius 3 is 2.26 bits per heavy atom. The second-order valence-corrected chi connectivity index (χ2v) is 5.85. The summed E-state index contributed by atoms with van der Waals surface area (Å²) in [4.78, 5) is 0. The van der Waals surface area contributed by atoms with Crippen LogP contribution in [0, 0.1) is 5.92 Å². The number of likely N-dealkylation sites (N-methyl/N-ethyl adjacent to an activating group) is 1. The van der Waals surface area contributed by atoms with Gasteiger partial charge in [-0.2, -0.15) is 5.10 Å². The number of hydrogen-bond donors (Lipinski definition) is 1. The van der Waals surface area contributed by atoms with Gasteiger partial charge in [0.2, 0.25) is 0 Å². The van der Waals surface area contributed by atoms with E-state index in [1.807, 2.05) is 0 Å². The number of aromatic nitrogens is 2. The SMILES string of the molecule is CCc1nn(CC)c(CC(NC)C(CC)CC)c1Br. The molecule has 1 unspecified atom stereocenters. The van der Waals surface area contributed by atoms with E-state index < -0.39 is 0 Å². The minimum atomic E-state index is 0.526. The molecule has 0 bridgehead atoms. The number of nitrogens with zero attached hydrogens (tertiary/aromatic N) is 2. The molecule has 0 aliphatic heterocycles. The summed E-state index contributed by atoms with van der Waals surface area (Å²) >= 11 is 3.74. The van der Waals surface area contributed by atoms with E-state index in [1.165, 1.54) is 28.7 Å². The number of nitrogens with one attached hydrogen (secondary N) is 1. The van der Waals surface area contributed by atoms with Crippen LogP contribution in [0.1, 0.15) is 51.9 Å². The minimum Gasteiger partial charge on any atom is -0.316 e. The van der Waals surface area contributed by atoms with Crippen molar-refractivity contribution in [3.63, 3.8) is 0 Å². The first-order valence-corrected chi connectivity index (χ1v) is 8.33. The zero-order chi connectivity index (χ0) is 14.4. The summed E-state index contributed by atoms with van der Waals surface area (Å²) in [7, 11) is 2.07. The van der Waals surface area contributed by atoms with E-state index in [1.54, 1.807) is 0 Å². The molecule has 3 nitrogen and oxygen atoms in total. The van der Waals surface area contributed by atoms with Gasteiger partial charge in [0.15, 0.2) is 0 Å². The Hall–Kier alpha value is -0.350. The Balaban J connectivity index is 2.98. The fourth-order valence-electron chi connectivity index (χ4n) is 2.78. The average Bonchev–Trinajstić information content (AvgIpc) is 2.74. The molecule has 1 N–H and O–H groups in total. The third-order valence-electron chi connectivity index (χ3n) is 4.10. The Morgan fingerprint density at radius 1 is 1.21 bits per heavy atom. The van der Waals surface area contributed by atoms with Gasteiger partial charge in [-0.1, -0.05) is 33.6 Å². The van der Waals surface area contributed by atoms with Crippen molar-refractivity contribution in [2.75, 3.05) is 7.05 Å². The molecule has 0 amide bonds. The van der Waals surface area contributed by atoms with Gasteiger partial charge in [0.1, 0.15) is 0 Å². The first-order valence-electron chi connectivity index (χ1n) is 7.53. The maximum atomic E-state index is 4.69. The van der Waals surface area contributed by atoms with Gasteiger partial charge in [0.25, 0.3) is 0 Å². The van der Waals surface area contributed by atoms with Crippen molar-refractivity contribution in [2.45, 2.75) is 66.0 Å². The van der Waals surface area contributed by atoms with E-state index >= 15 is 0 Å². The van der Waals surface area contributed by atoms with Crippen LogP contribution in [-0.4, -0.2) is 22.9 Å². The normalized spacial score (nSPS) is 13.2. The third-order valence-corrected chi connectivity index (χ3v) is 5.01. The summed E-state index contributed by atoms with van der Waals surface area (Å²) in [6.45, 7) is 9.82. The fraction of sp³-hybridized carbons (Fsp3) is 0.800. The monoisotopic (exact) mass is 329 g/mol. The van der Waals surface area contributed by atoms with Crippen molar-refractivity contribution in [3.05, 3.63) is 15.9 Å². The Kier molecular flexibility index (Phi) is 7.08. The van der Waals surface area contributed by atoms with Crippen molar-refractivity contribution in [3.8, 4) is 0 Å². The summed E-state index contributed by atoms with van der Waals surface area (Å²) in [5, 5.41) is 8.18. The summed E-state index contributed by atoms with van der Waals surface area (Å²) in [6, 6.07) is 0.526. The van der Waals surface area contributed by atoms with E-state index in [2.05, 4.69) is 65.8 Å². The first kappa shape index (κ1) is 16.7. The van der Waals surface area contributed by atoms with Crippen LogP contribution in [-0.2, 0) is 19.4 Å². The fourth-order valence-corrected chi connectivity index (χ4v) is 3.51. The van der Waals surface area contributed by atoms with Gasteiger partial charge < -0.3 is 5.32 Å². The van der Waals surface area contributed by atoms with Crippen LogP contribution in [0.15, 0.2) is 4.47 Å². The van der Waals surface area contributed by atoms with Gasteiger partial charge in [-0.3, -0.25) is 4.68 Å². The van der Waals surface area contributed by atoms with Gasteiger partial charge >= 0.3 is 0 Å². The first-order chi connectivity index (χ1) is 9.12. The third kappa shape index (κ3) is 3.82. The predicted octanol–water partition coefficient (Wildman–Crippen LogP) is 3.79. The summed E-state index contributed by atoms with van der Waals surface area (Å²) in [5.41, 5.74) is 2.52. The van der Waals surface area contributed by atoms with E-state index in [0.29, 0.717) is 6.04 Å². The lowest BCUT2D eigenvalue weighted by atomic mass is 9.91. The van der Waals surface area contributed by atoms with E-state index in [0.717, 1.165) is 25.3 Å². The maximum Gasteiger partial charge on any atom is 0.0766 e. The highest BCUT2D eigenvalue weighted by molar-refractivity contribution is 9.10. The molecule has 0 saturated carbocycles. The second kappa shape index (κ2) is 8.05. The largest absolute Gasteiger partial charge is 0.316 e. The van der Waals surface area contributed by atoms with Crippen molar-refractivity contribution >= 4 is 15.9 Å². The number of halogens is 1. The lowest BCUT2D eigenvalue weighted by Gasteiger charge is -2.25. The summed E-state index contributed by atoms with van der Waals surface area (Å²) < 4.78 is 3.36. The Bertz CT molecular complexity index is 383. The molecular weight excluding hydrogens is 302 g/mol. The maximum absolute atomic E-state index is 4.69. The molecule has 0 radical (unpaired) electrons. The van der Waals surface area contributed by atoms with Crippen molar-refractivity contribution in [2.24, 2.45) is 5.92 Å². The summed E-state index contributed by atoms with van der Waals surface area (Å²) in [5.74, 6) is 0.724. The molecule has 0 aliphatic carbocycles. The quantitative estimate of drug-likeness (QED) is 0.786. The van der Waals surface area contributed by atoms with E-state index in [9.17, 15) is 0 Å². The van der Waals surface area contributed by atoms with Crippen LogP contribution in [0.2, 0.25) is 0 Å². The van der Waals surface area contributed by atoms with E-state index in [-0.39, 0.29) is 0 Å². The van der Waals surface area contributed by atoms with Gasteiger partial charge in [0.05, 0.1) is 15.9 Å². The highest BCUT2D eigenvalue weighted by atomic mass is 79.9. The Labute approximate surface area is 126 Å². The highest BCUT2D eigenvalue weighted by Gasteiger charge is 2.22. The van der Waals surface area contributed by atoms with Gasteiger partial charge in [0, 0.05) is 19.0 Å². The van der Waals surface area contributed by atoms with Gasteiger partial charge in [-0.25, -0.2) is 0 Å². The topological polar surface area (TPSA) is 29.9 Å². The predicted molar refractivity (Wildman–Crippen MR) is 85.6 cm³/mol. The zero-order valence-corrected chi connectivity index (χ0v) is 14.5. The standard InChI is InChI=1S/C15H28BrN3/c1-6-11(7-2)13(17-5)10-14-15(16)12(8-3)18-19(14)9-4/h11,13,17H,6-10H2,1-5H3. The molecule has 1 atom stereocenters. The molecule has 19 heavy (non-hydrogen) atoms. The zero-order valence-electron chi connectivity index (χ0n) is 13.0. The molecule has 0 aromatic carbocycles. The van der Waals surface area contributed by atoms with Crippen LogP contribution in [0.25, 0.3) is 0 Å². The molecular formula is C15H28BrN3. The smallest absolute Gasteiger partial charge is 0.0766 e. The van der Waals surface area contributed by atoms with Gasteiger partial charge in [-0.15, -0.1) is 0 Å². The van der Waals surface area contributed by atoms with Crippen LogP contribution in [0.3, 0.4) is 0 Å². The number of aryl methyl sites for hydroxylation is 2. The molecule has 4 heteroatoms. The Morgan fingerprint density at radius 2 is 1.84 bits per heavy atom. The van der Waals surface area contributed by atoms with Crippen molar-refractivity contribution < 1.29 is 0 Å².